The zero-order chi connectivity index (χ0) is 11.3. The molecular formula is C12H15NO2. The first kappa shape index (κ1) is 11.3. The van der Waals surface area contributed by atoms with Crippen LogP contribution in [0.15, 0.2) is 30.8 Å². The summed E-state index contributed by atoms with van der Waals surface area (Å²) in [4.78, 5) is 12.9. The molecule has 0 bridgehead atoms. The van der Waals surface area contributed by atoms with E-state index in [4.69, 9.17) is 0 Å². The minimum atomic E-state index is -0.253. The van der Waals surface area contributed by atoms with Gasteiger partial charge in [0.25, 0.3) is 0 Å². The summed E-state index contributed by atoms with van der Waals surface area (Å²) < 4.78 is 4.61. The van der Waals surface area contributed by atoms with E-state index in [1.54, 1.807) is 6.08 Å². The van der Waals surface area contributed by atoms with Crippen molar-refractivity contribution >= 4 is 17.7 Å². The second kappa shape index (κ2) is 5.20. The monoisotopic (exact) mass is 205 g/mol. The largest absolute Gasteiger partial charge is 0.468 e. The number of carbonyl (C=O) groups is 1. The predicted molar refractivity (Wildman–Crippen MR) is 61.8 cm³/mol. The second-order valence-electron chi connectivity index (χ2n) is 3.20. The zero-order valence-electron chi connectivity index (χ0n) is 9.06. The molecular weight excluding hydrogens is 190 g/mol. The molecule has 0 N–H and O–H groups in total. The molecule has 0 aliphatic rings. The van der Waals surface area contributed by atoms with Crippen LogP contribution in [-0.2, 0) is 9.53 Å². The predicted octanol–water partition coefficient (Wildman–Crippen LogP) is 1.94. The number of nitrogens with zero attached hydrogens (tertiary/aromatic N) is 1. The number of esters is 1. The van der Waals surface area contributed by atoms with Crippen LogP contribution in [0.1, 0.15) is 5.56 Å². The van der Waals surface area contributed by atoms with Gasteiger partial charge < -0.3 is 9.64 Å². The van der Waals surface area contributed by atoms with Gasteiger partial charge in [-0.25, -0.2) is 0 Å². The second-order valence-corrected chi connectivity index (χ2v) is 3.20. The van der Waals surface area contributed by atoms with E-state index >= 15 is 0 Å². The molecule has 80 valence electrons. The molecule has 0 unspecified atom stereocenters. The number of hydrogen-bond donors (Lipinski definition) is 0. The molecule has 3 heteroatoms. The molecule has 3 nitrogen and oxygen atoms in total. The number of para-hydroxylation sites is 1. The Kier molecular flexibility index (Phi) is 3.92. The highest BCUT2D eigenvalue weighted by atomic mass is 16.5. The van der Waals surface area contributed by atoms with Crippen LogP contribution in [0.25, 0.3) is 6.08 Å². The molecule has 0 aliphatic carbocycles. The maximum absolute atomic E-state index is 11.1. The van der Waals surface area contributed by atoms with Gasteiger partial charge in [-0.1, -0.05) is 30.9 Å². The Morgan fingerprint density at radius 1 is 1.53 bits per heavy atom. The molecule has 0 aromatic heterocycles. The molecule has 1 aromatic carbocycles. The van der Waals surface area contributed by atoms with Gasteiger partial charge in [-0.05, 0) is 11.6 Å². The van der Waals surface area contributed by atoms with Crippen molar-refractivity contribution in [3.8, 4) is 0 Å². The lowest BCUT2D eigenvalue weighted by molar-refractivity contribution is -0.138. The van der Waals surface area contributed by atoms with Gasteiger partial charge >= 0.3 is 5.97 Å². The summed E-state index contributed by atoms with van der Waals surface area (Å²) in [6, 6.07) is 7.76. The molecule has 0 radical (unpaired) electrons. The standard InChI is InChI=1S/C12H15NO2/c1-4-10-7-5-6-8-11(10)13(2)9-12(14)15-3/h4-8H,1,9H2,2-3H3. The summed E-state index contributed by atoms with van der Waals surface area (Å²) in [5.74, 6) is -0.253. The quantitative estimate of drug-likeness (QED) is 0.703. The summed E-state index contributed by atoms with van der Waals surface area (Å²) in [7, 11) is 3.23. The minimum Gasteiger partial charge on any atom is -0.468 e. The maximum atomic E-state index is 11.1. The van der Waals surface area contributed by atoms with Crippen LogP contribution < -0.4 is 4.90 Å². The summed E-state index contributed by atoms with van der Waals surface area (Å²) in [6.45, 7) is 3.97. The summed E-state index contributed by atoms with van der Waals surface area (Å²) in [5.41, 5.74) is 1.97. The first-order valence-electron chi connectivity index (χ1n) is 4.68. The fourth-order valence-electron chi connectivity index (χ4n) is 1.35. The Balaban J connectivity index is 2.85. The van der Waals surface area contributed by atoms with Gasteiger partial charge in [-0.15, -0.1) is 0 Å². The first-order chi connectivity index (χ1) is 7.19. The Bertz CT molecular complexity index is 360. The smallest absolute Gasteiger partial charge is 0.325 e. The van der Waals surface area contributed by atoms with E-state index in [0.717, 1.165) is 11.3 Å². The Morgan fingerprint density at radius 3 is 2.80 bits per heavy atom. The summed E-state index contributed by atoms with van der Waals surface area (Å²) in [5, 5.41) is 0. The number of hydrogen-bond acceptors (Lipinski definition) is 3. The van der Waals surface area contributed by atoms with E-state index in [9.17, 15) is 4.79 Å². The molecule has 0 fully saturated rings. The van der Waals surface area contributed by atoms with Crippen molar-refractivity contribution in [3.05, 3.63) is 36.4 Å². The molecule has 0 spiro atoms. The van der Waals surface area contributed by atoms with E-state index in [0.29, 0.717) is 0 Å². The van der Waals surface area contributed by atoms with Crippen LogP contribution in [0.5, 0.6) is 0 Å². The van der Waals surface area contributed by atoms with Gasteiger partial charge in [0.05, 0.1) is 7.11 Å². The van der Waals surface area contributed by atoms with Crippen LogP contribution >= 0.6 is 0 Å². The zero-order valence-corrected chi connectivity index (χ0v) is 9.06. The van der Waals surface area contributed by atoms with E-state index < -0.39 is 0 Å². The van der Waals surface area contributed by atoms with Gasteiger partial charge in [0, 0.05) is 12.7 Å². The molecule has 0 heterocycles. The number of likely N-dealkylation sites (N-methyl/N-ethyl adjacent to an activating group) is 1. The SMILES string of the molecule is C=Cc1ccccc1N(C)CC(=O)OC. The lowest BCUT2D eigenvalue weighted by Crippen LogP contribution is -2.26. The third-order valence-corrected chi connectivity index (χ3v) is 2.16. The topological polar surface area (TPSA) is 29.5 Å². The third kappa shape index (κ3) is 2.84. The van der Waals surface area contributed by atoms with Crippen molar-refractivity contribution in [1.82, 2.24) is 0 Å². The Morgan fingerprint density at radius 2 is 2.20 bits per heavy atom. The molecule has 0 saturated carbocycles. The van der Waals surface area contributed by atoms with Crippen molar-refractivity contribution in [1.29, 1.82) is 0 Å². The number of methoxy groups -OCH3 is 1. The normalized spacial score (nSPS) is 9.47. The number of anilines is 1. The van der Waals surface area contributed by atoms with Crippen molar-refractivity contribution < 1.29 is 9.53 Å². The molecule has 0 aliphatic heterocycles. The molecule has 0 amide bonds. The van der Waals surface area contributed by atoms with Crippen LogP contribution in [0.2, 0.25) is 0 Å². The van der Waals surface area contributed by atoms with Crippen molar-refractivity contribution in [3.63, 3.8) is 0 Å². The van der Waals surface area contributed by atoms with Crippen molar-refractivity contribution in [2.45, 2.75) is 0 Å². The molecule has 1 aromatic rings. The highest BCUT2D eigenvalue weighted by Gasteiger charge is 2.08. The molecule has 0 saturated heterocycles. The number of benzene rings is 1. The number of carbonyl (C=O) groups excluding carboxylic acids is 1. The van der Waals surface area contributed by atoms with Crippen LogP contribution in [0.4, 0.5) is 5.69 Å². The first-order valence-corrected chi connectivity index (χ1v) is 4.68. The van der Waals surface area contributed by atoms with E-state index in [1.165, 1.54) is 7.11 Å². The van der Waals surface area contributed by atoms with Gasteiger partial charge in [-0.2, -0.15) is 0 Å². The molecule has 15 heavy (non-hydrogen) atoms. The lowest BCUT2D eigenvalue weighted by atomic mass is 10.1. The molecule has 1 rings (SSSR count). The van der Waals surface area contributed by atoms with Crippen molar-refractivity contribution in [2.75, 3.05) is 25.6 Å². The average Bonchev–Trinajstić information content (AvgIpc) is 2.28. The highest BCUT2D eigenvalue weighted by Crippen LogP contribution is 2.19. The van der Waals surface area contributed by atoms with Crippen LogP contribution in [0, 0.1) is 0 Å². The third-order valence-electron chi connectivity index (χ3n) is 2.16. The lowest BCUT2D eigenvalue weighted by Gasteiger charge is -2.19. The Hall–Kier alpha value is -1.77. The summed E-state index contributed by atoms with van der Waals surface area (Å²) in [6.07, 6.45) is 1.77. The van der Waals surface area contributed by atoms with E-state index in [2.05, 4.69) is 11.3 Å². The van der Waals surface area contributed by atoms with Gasteiger partial charge in [0.15, 0.2) is 0 Å². The van der Waals surface area contributed by atoms with Crippen molar-refractivity contribution in [2.24, 2.45) is 0 Å². The van der Waals surface area contributed by atoms with Gasteiger partial charge in [-0.3, -0.25) is 4.79 Å². The summed E-state index contributed by atoms with van der Waals surface area (Å²) >= 11 is 0. The molecule has 0 atom stereocenters. The van der Waals surface area contributed by atoms with E-state index in [1.807, 2.05) is 36.2 Å². The van der Waals surface area contributed by atoms with E-state index in [-0.39, 0.29) is 12.5 Å². The fourth-order valence-corrected chi connectivity index (χ4v) is 1.35. The maximum Gasteiger partial charge on any atom is 0.325 e. The van der Waals surface area contributed by atoms with Gasteiger partial charge in [0.2, 0.25) is 0 Å². The average molecular weight is 205 g/mol. The van der Waals surface area contributed by atoms with Crippen LogP contribution in [0.3, 0.4) is 0 Å². The van der Waals surface area contributed by atoms with Gasteiger partial charge in [0.1, 0.15) is 6.54 Å². The Labute approximate surface area is 90.0 Å². The number of rotatable bonds is 4. The minimum absolute atomic E-state index is 0.237. The highest BCUT2D eigenvalue weighted by molar-refractivity contribution is 5.77. The fraction of sp³-hybridized carbons (Fsp3) is 0.250. The number of ether oxygens (including phenoxy) is 1. The van der Waals surface area contributed by atoms with Crippen LogP contribution in [-0.4, -0.2) is 26.7 Å².